The molecular weight excluding hydrogens is 192 g/mol. The summed E-state index contributed by atoms with van der Waals surface area (Å²) in [4.78, 5) is 0. The number of hydrogen-bond acceptors (Lipinski definition) is 6. The molecule has 0 aromatic heterocycles. The molecule has 0 amide bonds. The molecular formula is CH10N6O6. The van der Waals surface area contributed by atoms with E-state index in [0.29, 0.717) is 0 Å². The van der Waals surface area contributed by atoms with Gasteiger partial charge in [-0.15, -0.1) is 0 Å². The Morgan fingerprint density at radius 1 is 0.385 bits per heavy atom. The maximum absolute atomic E-state index is 7.08. The summed E-state index contributed by atoms with van der Waals surface area (Å²) in [5, 5.41) is 54.0. The Morgan fingerprint density at radius 2 is 0.462 bits per heavy atom. The molecule has 12 heteroatoms. The topological polar surface area (TPSA) is 196 Å². The molecule has 13 heavy (non-hydrogen) atoms. The van der Waals surface area contributed by atoms with E-state index in [0.717, 1.165) is 0 Å². The lowest BCUT2D eigenvalue weighted by Gasteiger charge is -1.53. The second kappa shape index (κ2) is 54.8. The number of hydrogen-bond donors (Lipinski definition) is 6. The molecule has 0 saturated heterocycles. The Balaban J connectivity index is -0.0000000450. The van der Waals surface area contributed by atoms with Gasteiger partial charge in [-0.05, 0) is 0 Å². The Hall–Kier alpha value is -2.40. The molecule has 0 rings (SSSR count). The number of rotatable bonds is 0. The average Bonchev–Trinajstić information content (AvgIpc) is 2.18. The maximum atomic E-state index is 7.08. The molecule has 0 unspecified atom stereocenters. The van der Waals surface area contributed by atoms with Crippen LogP contribution in [0.2, 0.25) is 0 Å². The van der Waals surface area contributed by atoms with E-state index in [1.165, 1.54) is 0 Å². The summed E-state index contributed by atoms with van der Waals surface area (Å²) >= 11 is 0. The molecule has 12 nitrogen and oxygen atoms in total. The summed E-state index contributed by atoms with van der Waals surface area (Å²) in [6, 6.07) is 0. The minimum atomic E-state index is 0. The maximum Gasteiger partial charge on any atom is 0.0606 e. The molecule has 0 bridgehead atoms. The largest absolute Gasteiger partial charge is 0.392 e. The van der Waals surface area contributed by atoms with Crippen LogP contribution in [0, 0.1) is 0 Å². The fourth-order valence-electron chi connectivity index (χ4n) is 0. The number of nitrogens with zero attached hydrogens (tertiary/aromatic N) is 6. The van der Waals surface area contributed by atoms with Crippen molar-refractivity contribution in [1.82, 2.24) is 0 Å². The molecule has 0 heterocycles. The van der Waals surface area contributed by atoms with E-state index in [4.69, 9.17) is 31.2 Å². The second-order valence-corrected chi connectivity index (χ2v) is 0.537. The summed E-state index contributed by atoms with van der Waals surface area (Å²) in [5.74, 6) is 0. The van der Waals surface area contributed by atoms with Gasteiger partial charge in [-0.3, -0.25) is 0 Å². The fraction of sp³-hybridized carbons (Fsp3) is 1.00. The van der Waals surface area contributed by atoms with E-state index < -0.39 is 0 Å². The summed E-state index contributed by atoms with van der Waals surface area (Å²) in [6.07, 6.45) is 0. The van der Waals surface area contributed by atoms with E-state index in [2.05, 4.69) is 0 Å². The van der Waals surface area contributed by atoms with Crippen LogP contribution in [-0.2, 0) is 0 Å². The lowest BCUT2D eigenvalue weighted by molar-refractivity contribution is 0.177. The minimum Gasteiger partial charge on any atom is -0.392 e. The van der Waals surface area contributed by atoms with Gasteiger partial charge in [0, 0.05) is 0 Å². The lowest BCUT2D eigenvalue weighted by atomic mass is 12.0. The lowest BCUT2D eigenvalue weighted by Crippen LogP contribution is -1.41. The van der Waals surface area contributed by atoms with Crippen molar-refractivity contribution in [3.8, 4) is 0 Å². The highest BCUT2D eigenvalue weighted by atomic mass is 16.6. The van der Waals surface area contributed by atoms with Crippen LogP contribution < -0.4 is 0 Å². The molecule has 0 aliphatic rings. The van der Waals surface area contributed by atoms with Crippen LogP contribution in [0.25, 0.3) is 0 Å². The summed E-state index contributed by atoms with van der Waals surface area (Å²) in [6.45, 7) is 0. The third-order valence-corrected chi connectivity index (χ3v) is 0.120. The van der Waals surface area contributed by atoms with Crippen LogP contribution in [0.4, 0.5) is 0 Å². The van der Waals surface area contributed by atoms with Gasteiger partial charge in [0.05, 0.1) is 31.7 Å². The van der Waals surface area contributed by atoms with E-state index in [1.807, 2.05) is 31.7 Å². The third-order valence-electron chi connectivity index (χ3n) is 0.120. The van der Waals surface area contributed by atoms with Crippen LogP contribution in [-0.4, -0.2) is 31.2 Å². The van der Waals surface area contributed by atoms with Gasteiger partial charge in [-0.1, -0.05) is 7.43 Å². The standard InChI is InChI=1S/CH4.3H2N2O2/c;3*3-1-2-4/h1H4;3*(H,1,4)(H,2,3). The van der Waals surface area contributed by atoms with E-state index >= 15 is 0 Å². The zero-order chi connectivity index (χ0) is 10.2. The molecule has 0 aliphatic carbocycles. The van der Waals surface area contributed by atoms with Gasteiger partial charge in [0.15, 0.2) is 0 Å². The van der Waals surface area contributed by atoms with Gasteiger partial charge in [0.1, 0.15) is 0 Å². The molecule has 0 fully saturated rings. The predicted molar refractivity (Wildman–Crippen MR) is 32.0 cm³/mol. The van der Waals surface area contributed by atoms with Crippen LogP contribution in [0.5, 0.6) is 0 Å². The van der Waals surface area contributed by atoms with Crippen molar-refractivity contribution >= 4 is 0 Å². The zero-order valence-corrected chi connectivity index (χ0v) is 5.37. The summed E-state index contributed by atoms with van der Waals surface area (Å²) in [5.41, 5.74) is 0. The van der Waals surface area contributed by atoms with Gasteiger partial charge >= 0.3 is 0 Å². The van der Waals surface area contributed by atoms with Crippen LogP contribution in [0.1, 0.15) is 7.43 Å². The highest BCUT2D eigenvalue weighted by Gasteiger charge is 1.35. The Kier molecular flexibility index (Phi) is 94.5. The van der Waals surface area contributed by atoms with Crippen molar-refractivity contribution in [2.24, 2.45) is 31.7 Å². The van der Waals surface area contributed by atoms with Gasteiger partial charge < -0.3 is 31.2 Å². The highest BCUT2D eigenvalue weighted by molar-refractivity contribution is 3.52. The molecule has 0 aliphatic heterocycles. The first kappa shape index (κ1) is 22.4. The normalized spacial score (nSPS) is 8.31. The predicted octanol–water partition coefficient (Wildman–Crippen LogP) is 1.29. The van der Waals surface area contributed by atoms with Gasteiger partial charge in [0.25, 0.3) is 0 Å². The molecule has 80 valence electrons. The Labute approximate surface area is 71.6 Å². The molecule has 0 saturated carbocycles. The van der Waals surface area contributed by atoms with Gasteiger partial charge in [-0.25, -0.2) is 0 Å². The fourth-order valence-corrected chi connectivity index (χ4v) is 0. The van der Waals surface area contributed by atoms with E-state index in [9.17, 15) is 0 Å². The summed E-state index contributed by atoms with van der Waals surface area (Å²) < 4.78 is 0. The quantitative estimate of drug-likeness (QED) is 0.252. The van der Waals surface area contributed by atoms with Crippen molar-refractivity contribution in [2.75, 3.05) is 0 Å². The SMILES string of the molecule is C.ON=NO.ON=NO.ON=NO. The van der Waals surface area contributed by atoms with Gasteiger partial charge in [0.2, 0.25) is 0 Å². The molecule has 0 radical (unpaired) electrons. The molecule has 6 N–H and O–H groups in total. The summed E-state index contributed by atoms with van der Waals surface area (Å²) in [7, 11) is 0. The van der Waals surface area contributed by atoms with E-state index in [1.54, 1.807) is 0 Å². The van der Waals surface area contributed by atoms with E-state index in [-0.39, 0.29) is 7.43 Å². The Morgan fingerprint density at radius 3 is 0.462 bits per heavy atom. The van der Waals surface area contributed by atoms with Crippen molar-refractivity contribution in [2.45, 2.75) is 7.43 Å². The van der Waals surface area contributed by atoms with Crippen LogP contribution in [0.3, 0.4) is 0 Å². The van der Waals surface area contributed by atoms with Crippen molar-refractivity contribution in [3.63, 3.8) is 0 Å². The first-order chi connectivity index (χ1) is 5.74. The van der Waals surface area contributed by atoms with Crippen LogP contribution in [0.15, 0.2) is 31.7 Å². The first-order valence-corrected chi connectivity index (χ1v) is 1.80. The van der Waals surface area contributed by atoms with Crippen molar-refractivity contribution in [1.29, 1.82) is 0 Å². The van der Waals surface area contributed by atoms with Gasteiger partial charge in [-0.2, -0.15) is 0 Å². The first-order valence-electron chi connectivity index (χ1n) is 1.80. The second-order valence-electron chi connectivity index (χ2n) is 0.537. The van der Waals surface area contributed by atoms with Crippen molar-refractivity contribution in [3.05, 3.63) is 0 Å². The smallest absolute Gasteiger partial charge is 0.0606 e. The highest BCUT2D eigenvalue weighted by Crippen LogP contribution is 1.47. The molecule has 0 spiro atoms. The molecule has 0 aromatic rings. The average molecular weight is 202 g/mol. The molecule has 0 aromatic carbocycles. The monoisotopic (exact) mass is 202 g/mol. The third kappa shape index (κ3) is 1540. The Bertz CT molecular complexity index is 86.5. The zero-order valence-electron chi connectivity index (χ0n) is 5.37. The molecule has 0 atom stereocenters. The van der Waals surface area contributed by atoms with Crippen LogP contribution >= 0.6 is 0 Å². The van der Waals surface area contributed by atoms with Crippen molar-refractivity contribution < 1.29 is 31.2 Å². The minimum absolute atomic E-state index is 0.